The molecule has 29 heavy (non-hydrogen) atoms. The highest BCUT2D eigenvalue weighted by molar-refractivity contribution is 5.85. The smallest absolute Gasteiger partial charge is 0.239 e. The van der Waals surface area contributed by atoms with E-state index >= 15 is 0 Å². The number of nitrogens with two attached hydrogens (primary N) is 1. The van der Waals surface area contributed by atoms with E-state index in [-0.39, 0.29) is 24.2 Å². The van der Waals surface area contributed by atoms with Crippen LogP contribution in [0.5, 0.6) is 11.5 Å². The van der Waals surface area contributed by atoms with Gasteiger partial charge in [0.25, 0.3) is 0 Å². The van der Waals surface area contributed by atoms with E-state index in [9.17, 15) is 9.59 Å². The van der Waals surface area contributed by atoms with Gasteiger partial charge in [-0.2, -0.15) is 0 Å². The van der Waals surface area contributed by atoms with Crippen molar-refractivity contribution in [2.45, 2.75) is 58.0 Å². The molecule has 3 N–H and O–H groups in total. The molecule has 2 amide bonds. The van der Waals surface area contributed by atoms with E-state index in [1.54, 1.807) is 21.1 Å². The van der Waals surface area contributed by atoms with Crippen molar-refractivity contribution >= 4 is 24.2 Å². The van der Waals surface area contributed by atoms with Crippen LogP contribution in [0.15, 0.2) is 12.1 Å². The largest absolute Gasteiger partial charge is 0.493 e. The summed E-state index contributed by atoms with van der Waals surface area (Å²) in [5.74, 6) is 1.33. The third kappa shape index (κ3) is 6.51. The van der Waals surface area contributed by atoms with Gasteiger partial charge in [-0.25, -0.2) is 0 Å². The fraction of sp³-hybridized carbons (Fsp3) is 0.619. The second-order valence-corrected chi connectivity index (χ2v) is 7.57. The Balaban J connectivity index is 0.00000420. The molecular weight excluding hydrogens is 394 g/mol. The van der Waals surface area contributed by atoms with Crippen molar-refractivity contribution in [3.8, 4) is 11.5 Å². The Labute approximate surface area is 179 Å². The summed E-state index contributed by atoms with van der Waals surface area (Å²) < 4.78 is 10.7. The molecule has 0 radical (unpaired) electrons. The molecule has 0 aromatic heterocycles. The van der Waals surface area contributed by atoms with Crippen molar-refractivity contribution in [2.75, 3.05) is 27.3 Å². The predicted molar refractivity (Wildman–Crippen MR) is 116 cm³/mol. The maximum atomic E-state index is 12.6. The van der Waals surface area contributed by atoms with E-state index < -0.39 is 5.54 Å². The number of fused-ring (bicyclic) bond motifs is 1. The topological polar surface area (TPSA) is 93.9 Å². The minimum atomic E-state index is -0.852. The lowest BCUT2D eigenvalue weighted by Gasteiger charge is -2.30. The van der Waals surface area contributed by atoms with E-state index in [0.29, 0.717) is 50.4 Å². The van der Waals surface area contributed by atoms with Crippen LogP contribution in [0.25, 0.3) is 0 Å². The number of benzene rings is 1. The summed E-state index contributed by atoms with van der Waals surface area (Å²) >= 11 is 0. The Hall–Kier alpha value is -1.99. The van der Waals surface area contributed by atoms with E-state index in [2.05, 4.69) is 5.32 Å². The number of rotatable bonds is 9. The van der Waals surface area contributed by atoms with Gasteiger partial charge in [-0.3, -0.25) is 9.59 Å². The third-order valence-electron chi connectivity index (χ3n) is 5.21. The third-order valence-corrected chi connectivity index (χ3v) is 5.21. The lowest BCUT2D eigenvalue weighted by molar-refractivity contribution is -0.132. The van der Waals surface area contributed by atoms with Gasteiger partial charge >= 0.3 is 0 Å². The van der Waals surface area contributed by atoms with E-state index in [0.717, 1.165) is 18.4 Å². The van der Waals surface area contributed by atoms with Crippen LogP contribution in [-0.4, -0.2) is 49.6 Å². The highest BCUT2D eigenvalue weighted by atomic mass is 35.5. The minimum Gasteiger partial charge on any atom is -0.493 e. The summed E-state index contributed by atoms with van der Waals surface area (Å²) in [6.07, 6.45) is 3.28. The van der Waals surface area contributed by atoms with Gasteiger partial charge in [0.2, 0.25) is 11.8 Å². The van der Waals surface area contributed by atoms with E-state index in [4.69, 9.17) is 15.2 Å². The number of halogens is 1. The van der Waals surface area contributed by atoms with Gasteiger partial charge in [0.15, 0.2) is 11.5 Å². The first kappa shape index (κ1) is 25.0. The van der Waals surface area contributed by atoms with Crippen LogP contribution in [0.4, 0.5) is 0 Å². The zero-order valence-electron chi connectivity index (χ0n) is 17.9. The fourth-order valence-electron chi connectivity index (χ4n) is 3.53. The molecule has 0 saturated carbocycles. The minimum absolute atomic E-state index is 0. The van der Waals surface area contributed by atoms with Crippen LogP contribution in [0.1, 0.15) is 50.7 Å². The molecule has 1 unspecified atom stereocenters. The number of carbonyl (C=O) groups is 2. The average Bonchev–Trinajstić information content (AvgIpc) is 2.69. The SMILES string of the molecule is CCCC(C)(N)C(=O)NCCCC(=O)N1CCc2cc(OC)c(OC)cc2C1.Cl. The molecule has 0 spiro atoms. The molecule has 0 saturated heterocycles. The highest BCUT2D eigenvalue weighted by Crippen LogP contribution is 2.33. The number of methoxy groups -OCH3 is 2. The summed E-state index contributed by atoms with van der Waals surface area (Å²) in [5.41, 5.74) is 7.44. The molecule has 164 valence electrons. The van der Waals surface area contributed by atoms with Crippen LogP contribution >= 0.6 is 12.4 Å². The molecule has 0 fully saturated rings. The zero-order valence-corrected chi connectivity index (χ0v) is 18.7. The molecule has 2 rings (SSSR count). The monoisotopic (exact) mass is 427 g/mol. The standard InChI is InChI=1S/C21H33N3O4.ClH/c1-5-9-21(2,22)20(26)23-10-6-7-19(25)24-11-8-15-12-17(27-3)18(28-4)13-16(15)14-24;/h12-13H,5-11,14,22H2,1-4H3,(H,23,26);1H. The van der Waals surface area contributed by atoms with Crippen LogP contribution in [0.3, 0.4) is 0 Å². The number of hydrogen-bond donors (Lipinski definition) is 2. The summed E-state index contributed by atoms with van der Waals surface area (Å²) in [5, 5.41) is 2.84. The normalized spacial score (nSPS) is 14.9. The molecule has 0 bridgehead atoms. The number of nitrogens with one attached hydrogen (secondary N) is 1. The van der Waals surface area contributed by atoms with Crippen LogP contribution in [0, 0.1) is 0 Å². The van der Waals surface area contributed by atoms with Gasteiger partial charge in [0.05, 0.1) is 19.8 Å². The van der Waals surface area contributed by atoms with Gasteiger partial charge < -0.3 is 25.4 Å². The van der Waals surface area contributed by atoms with E-state index in [1.807, 2.05) is 24.0 Å². The van der Waals surface area contributed by atoms with Crippen molar-refractivity contribution in [3.05, 3.63) is 23.3 Å². The molecule has 1 aliphatic heterocycles. The van der Waals surface area contributed by atoms with Crippen molar-refractivity contribution in [1.82, 2.24) is 10.2 Å². The van der Waals surface area contributed by atoms with Gasteiger partial charge in [-0.05, 0) is 49.4 Å². The van der Waals surface area contributed by atoms with Gasteiger partial charge in [-0.1, -0.05) is 13.3 Å². The summed E-state index contributed by atoms with van der Waals surface area (Å²) in [4.78, 5) is 26.5. The quantitative estimate of drug-likeness (QED) is 0.590. The van der Waals surface area contributed by atoms with Crippen LogP contribution in [-0.2, 0) is 22.6 Å². The second-order valence-electron chi connectivity index (χ2n) is 7.57. The Kier molecular flexibility index (Phi) is 9.73. The molecular formula is C21H34ClN3O4. The van der Waals surface area contributed by atoms with Crippen LogP contribution < -0.4 is 20.5 Å². The Bertz CT molecular complexity index is 709. The number of carbonyl (C=O) groups excluding carboxylic acids is 2. The Morgan fingerprint density at radius 2 is 1.83 bits per heavy atom. The molecule has 1 heterocycles. The number of ether oxygens (including phenoxy) is 2. The molecule has 1 aromatic carbocycles. The van der Waals surface area contributed by atoms with Gasteiger partial charge in [0, 0.05) is 26.1 Å². The number of hydrogen-bond acceptors (Lipinski definition) is 5. The summed E-state index contributed by atoms with van der Waals surface area (Å²) in [7, 11) is 3.23. The molecule has 1 aromatic rings. The predicted octanol–water partition coefficient (Wildman–Crippen LogP) is 2.42. The lowest BCUT2D eigenvalue weighted by atomic mass is 9.96. The maximum absolute atomic E-state index is 12.6. The van der Waals surface area contributed by atoms with Gasteiger partial charge in [0.1, 0.15) is 0 Å². The number of nitrogens with zero attached hydrogens (tertiary/aromatic N) is 1. The first-order chi connectivity index (χ1) is 13.3. The maximum Gasteiger partial charge on any atom is 0.239 e. The van der Waals surface area contributed by atoms with Crippen molar-refractivity contribution in [3.63, 3.8) is 0 Å². The van der Waals surface area contributed by atoms with Crippen LogP contribution in [0.2, 0.25) is 0 Å². The second kappa shape index (κ2) is 11.3. The van der Waals surface area contributed by atoms with E-state index in [1.165, 1.54) is 5.56 Å². The molecule has 8 heteroatoms. The Morgan fingerprint density at radius 3 is 2.41 bits per heavy atom. The molecule has 0 aliphatic carbocycles. The summed E-state index contributed by atoms with van der Waals surface area (Å²) in [6.45, 7) is 5.45. The molecule has 1 atom stereocenters. The van der Waals surface area contributed by atoms with Gasteiger partial charge in [-0.15, -0.1) is 12.4 Å². The Morgan fingerprint density at radius 1 is 1.21 bits per heavy atom. The molecule has 7 nitrogen and oxygen atoms in total. The first-order valence-electron chi connectivity index (χ1n) is 9.91. The average molecular weight is 428 g/mol. The lowest BCUT2D eigenvalue weighted by Crippen LogP contribution is -2.51. The molecule has 1 aliphatic rings. The first-order valence-corrected chi connectivity index (χ1v) is 9.91. The van der Waals surface area contributed by atoms with Crippen molar-refractivity contribution < 1.29 is 19.1 Å². The highest BCUT2D eigenvalue weighted by Gasteiger charge is 2.27. The fourth-order valence-corrected chi connectivity index (χ4v) is 3.53. The number of amides is 2. The van der Waals surface area contributed by atoms with Crippen molar-refractivity contribution in [1.29, 1.82) is 0 Å². The zero-order chi connectivity index (χ0) is 20.7. The summed E-state index contributed by atoms with van der Waals surface area (Å²) in [6, 6.07) is 3.94. The van der Waals surface area contributed by atoms with Crippen molar-refractivity contribution in [2.24, 2.45) is 5.73 Å².